The fraction of sp³-hybridized carbons (Fsp3) is 0.588. The Hall–Kier alpha value is -2.29. The van der Waals surface area contributed by atoms with Gasteiger partial charge in [-0.05, 0) is 26.7 Å². The Bertz CT molecular complexity index is 454. The summed E-state index contributed by atoms with van der Waals surface area (Å²) in [7, 11) is 0. The second-order valence-electron chi connectivity index (χ2n) is 4.71. The predicted octanol–water partition coefficient (Wildman–Crippen LogP) is 2.02. The molecule has 0 bridgehead atoms. The van der Waals surface area contributed by atoms with Crippen LogP contribution in [-0.4, -0.2) is 37.7 Å². The molecule has 0 aromatic heterocycles. The van der Waals surface area contributed by atoms with Gasteiger partial charge in [0.2, 0.25) is 0 Å². The third kappa shape index (κ3) is 7.00. The average molecular weight is 324 g/mol. The van der Waals surface area contributed by atoms with Crippen LogP contribution in [0.2, 0.25) is 0 Å². The summed E-state index contributed by atoms with van der Waals surface area (Å²) in [4.78, 5) is 35.4. The van der Waals surface area contributed by atoms with Crippen molar-refractivity contribution in [2.24, 2.45) is 5.41 Å². The quantitative estimate of drug-likeness (QED) is 0.201. The molecular formula is C17H24O6. The maximum absolute atomic E-state index is 12.3. The summed E-state index contributed by atoms with van der Waals surface area (Å²) in [6, 6.07) is 0. The van der Waals surface area contributed by atoms with Crippen LogP contribution in [0.4, 0.5) is 0 Å². The van der Waals surface area contributed by atoms with Crippen LogP contribution in [0.5, 0.6) is 0 Å². The monoisotopic (exact) mass is 324 g/mol. The third-order valence-corrected chi connectivity index (χ3v) is 3.04. The smallest absolute Gasteiger partial charge is 0.323 e. The molecule has 0 rings (SSSR count). The summed E-state index contributed by atoms with van der Waals surface area (Å²) < 4.78 is 14.8. The van der Waals surface area contributed by atoms with Gasteiger partial charge >= 0.3 is 17.9 Å². The first kappa shape index (κ1) is 20.7. The molecule has 0 aromatic rings. The number of terminal acetylenes is 1. The standard InChI is InChI=1S/C17H24O6/c1-5-8-11-17(15(19)21-6-2,16(20)22-7-3)12-9-10-13-23-14(4)18/h1,9-10H,6-8,11-13H2,2-4H3/b10-9-. The number of allylic oxidation sites excluding steroid dienone is 1. The lowest BCUT2D eigenvalue weighted by atomic mass is 9.79. The van der Waals surface area contributed by atoms with Crippen LogP contribution < -0.4 is 0 Å². The van der Waals surface area contributed by atoms with Crippen molar-refractivity contribution in [2.75, 3.05) is 19.8 Å². The van der Waals surface area contributed by atoms with Crippen LogP contribution in [0.15, 0.2) is 12.2 Å². The maximum Gasteiger partial charge on any atom is 0.323 e. The van der Waals surface area contributed by atoms with Gasteiger partial charge in [-0.3, -0.25) is 14.4 Å². The van der Waals surface area contributed by atoms with Crippen LogP contribution >= 0.6 is 0 Å². The van der Waals surface area contributed by atoms with Gasteiger partial charge < -0.3 is 14.2 Å². The molecule has 0 saturated heterocycles. The molecule has 0 heterocycles. The molecule has 0 aromatic carbocycles. The normalized spacial score (nSPS) is 10.9. The molecule has 0 spiro atoms. The molecule has 128 valence electrons. The first-order chi connectivity index (χ1) is 10.9. The lowest BCUT2D eigenvalue weighted by molar-refractivity contribution is -0.172. The second-order valence-corrected chi connectivity index (χ2v) is 4.71. The van der Waals surface area contributed by atoms with Gasteiger partial charge in [0.05, 0.1) is 13.2 Å². The summed E-state index contributed by atoms with van der Waals surface area (Å²) in [5.74, 6) is 0.689. The number of hydrogen-bond donors (Lipinski definition) is 0. The molecule has 0 radical (unpaired) electrons. The number of hydrogen-bond acceptors (Lipinski definition) is 6. The zero-order valence-electron chi connectivity index (χ0n) is 13.9. The number of carbonyl (C=O) groups is 3. The van der Waals surface area contributed by atoms with Crippen molar-refractivity contribution in [1.82, 2.24) is 0 Å². The van der Waals surface area contributed by atoms with Crippen molar-refractivity contribution < 1.29 is 28.6 Å². The van der Waals surface area contributed by atoms with E-state index in [1.54, 1.807) is 26.0 Å². The fourth-order valence-corrected chi connectivity index (χ4v) is 1.90. The number of ether oxygens (including phenoxy) is 3. The van der Waals surface area contributed by atoms with E-state index >= 15 is 0 Å². The molecule has 23 heavy (non-hydrogen) atoms. The van der Waals surface area contributed by atoms with Gasteiger partial charge in [-0.15, -0.1) is 12.3 Å². The molecule has 0 aliphatic rings. The van der Waals surface area contributed by atoms with E-state index in [1.807, 2.05) is 0 Å². The average Bonchev–Trinajstić information content (AvgIpc) is 2.50. The van der Waals surface area contributed by atoms with Crippen molar-refractivity contribution in [3.8, 4) is 12.3 Å². The summed E-state index contributed by atoms with van der Waals surface area (Å²) in [6.45, 7) is 4.96. The minimum absolute atomic E-state index is 0.0617. The lowest BCUT2D eigenvalue weighted by Crippen LogP contribution is -2.42. The van der Waals surface area contributed by atoms with E-state index < -0.39 is 23.3 Å². The molecule has 0 aliphatic carbocycles. The van der Waals surface area contributed by atoms with Crippen molar-refractivity contribution in [3.63, 3.8) is 0 Å². The van der Waals surface area contributed by atoms with Gasteiger partial charge in [-0.2, -0.15) is 0 Å². The number of esters is 3. The fourth-order valence-electron chi connectivity index (χ4n) is 1.90. The highest BCUT2D eigenvalue weighted by Crippen LogP contribution is 2.32. The Morgan fingerprint density at radius 1 is 1.04 bits per heavy atom. The molecule has 6 heteroatoms. The zero-order valence-corrected chi connectivity index (χ0v) is 13.9. The van der Waals surface area contributed by atoms with Crippen LogP contribution in [0.25, 0.3) is 0 Å². The highest BCUT2D eigenvalue weighted by atomic mass is 16.6. The molecule has 0 N–H and O–H groups in total. The Labute approximate surface area is 137 Å². The van der Waals surface area contributed by atoms with Gasteiger partial charge in [-0.1, -0.05) is 12.2 Å². The molecule has 6 nitrogen and oxygen atoms in total. The van der Waals surface area contributed by atoms with E-state index in [-0.39, 0.29) is 39.1 Å². The molecular weight excluding hydrogens is 300 g/mol. The molecule has 0 atom stereocenters. The Kier molecular flexibility index (Phi) is 10.2. The van der Waals surface area contributed by atoms with E-state index in [4.69, 9.17) is 20.6 Å². The molecule has 0 amide bonds. The second kappa shape index (κ2) is 11.3. The number of carbonyl (C=O) groups excluding carboxylic acids is 3. The maximum atomic E-state index is 12.3. The minimum atomic E-state index is -1.48. The Balaban J connectivity index is 5.26. The number of rotatable bonds is 10. The van der Waals surface area contributed by atoms with Gasteiger partial charge in [0, 0.05) is 13.3 Å². The van der Waals surface area contributed by atoms with Gasteiger partial charge in [0.15, 0.2) is 5.41 Å². The van der Waals surface area contributed by atoms with Crippen molar-refractivity contribution >= 4 is 17.9 Å². The van der Waals surface area contributed by atoms with Crippen LogP contribution in [0.3, 0.4) is 0 Å². The van der Waals surface area contributed by atoms with Crippen LogP contribution in [-0.2, 0) is 28.6 Å². The topological polar surface area (TPSA) is 78.9 Å². The van der Waals surface area contributed by atoms with E-state index in [0.717, 1.165) is 0 Å². The largest absolute Gasteiger partial charge is 0.465 e. The summed E-state index contributed by atoms with van der Waals surface area (Å²) in [5.41, 5.74) is -1.48. The van der Waals surface area contributed by atoms with Crippen molar-refractivity contribution in [1.29, 1.82) is 0 Å². The molecule has 0 unspecified atom stereocenters. The highest BCUT2D eigenvalue weighted by molar-refractivity contribution is 6.00. The summed E-state index contributed by atoms with van der Waals surface area (Å²) in [6.07, 6.45) is 8.83. The minimum Gasteiger partial charge on any atom is -0.465 e. The highest BCUT2D eigenvalue weighted by Gasteiger charge is 2.47. The van der Waals surface area contributed by atoms with E-state index in [9.17, 15) is 14.4 Å². The third-order valence-electron chi connectivity index (χ3n) is 3.04. The molecule has 0 aliphatic heterocycles. The van der Waals surface area contributed by atoms with Crippen molar-refractivity contribution in [3.05, 3.63) is 12.2 Å². The van der Waals surface area contributed by atoms with Gasteiger partial charge in [-0.25, -0.2) is 0 Å². The lowest BCUT2D eigenvalue weighted by Gasteiger charge is -2.27. The van der Waals surface area contributed by atoms with E-state index in [1.165, 1.54) is 6.92 Å². The van der Waals surface area contributed by atoms with Crippen LogP contribution in [0.1, 0.15) is 40.0 Å². The predicted molar refractivity (Wildman–Crippen MR) is 84.2 cm³/mol. The first-order valence-corrected chi connectivity index (χ1v) is 7.50. The van der Waals surface area contributed by atoms with E-state index in [2.05, 4.69) is 5.92 Å². The van der Waals surface area contributed by atoms with Gasteiger partial charge in [0.25, 0.3) is 0 Å². The van der Waals surface area contributed by atoms with Gasteiger partial charge in [0.1, 0.15) is 6.61 Å². The molecule has 0 saturated carbocycles. The Morgan fingerprint density at radius 2 is 1.61 bits per heavy atom. The first-order valence-electron chi connectivity index (χ1n) is 7.50. The SMILES string of the molecule is C#CCCC(C/C=C\COC(C)=O)(C(=O)OCC)C(=O)OCC. The van der Waals surface area contributed by atoms with Crippen LogP contribution in [0, 0.1) is 17.8 Å². The van der Waals surface area contributed by atoms with E-state index in [0.29, 0.717) is 0 Å². The summed E-state index contributed by atoms with van der Waals surface area (Å²) >= 11 is 0. The zero-order chi connectivity index (χ0) is 17.7. The van der Waals surface area contributed by atoms with Crippen molar-refractivity contribution in [2.45, 2.75) is 40.0 Å². The Morgan fingerprint density at radius 3 is 2.04 bits per heavy atom. The summed E-state index contributed by atoms with van der Waals surface area (Å²) in [5, 5.41) is 0. The molecule has 0 fully saturated rings.